The van der Waals surface area contributed by atoms with E-state index >= 15 is 0 Å². The van der Waals surface area contributed by atoms with Crippen LogP contribution in [-0.4, -0.2) is 27.8 Å². The predicted octanol–water partition coefficient (Wildman–Crippen LogP) is 3.06. The summed E-state index contributed by atoms with van der Waals surface area (Å²) >= 11 is 0. The summed E-state index contributed by atoms with van der Waals surface area (Å²) in [4.78, 5) is 8.80. The molecule has 140 valence electrons. The fraction of sp³-hybridized carbons (Fsp3) is 0.286. The van der Waals surface area contributed by atoms with Gasteiger partial charge in [0.05, 0.1) is 5.69 Å². The third-order valence-electron chi connectivity index (χ3n) is 4.30. The SMILES string of the molecule is CN=C(NCc1ccc(C)cc1)NCc1ccc(-n2nc(C)cc2C)nc1. The third-order valence-corrected chi connectivity index (χ3v) is 4.30. The molecule has 2 aromatic heterocycles. The number of aliphatic imine (C=N–C) groups is 1. The van der Waals surface area contributed by atoms with Gasteiger partial charge >= 0.3 is 0 Å². The summed E-state index contributed by atoms with van der Waals surface area (Å²) in [6.45, 7) is 7.48. The first kappa shape index (κ1) is 18.6. The fourth-order valence-corrected chi connectivity index (χ4v) is 2.81. The standard InChI is InChI=1S/C21H26N6/c1-15-5-7-18(8-6-15)12-24-21(22-4)25-14-19-9-10-20(23-13-19)27-17(3)11-16(2)26-27/h5-11,13H,12,14H2,1-4H3,(H2,22,24,25). The molecule has 2 heterocycles. The smallest absolute Gasteiger partial charge is 0.191 e. The summed E-state index contributed by atoms with van der Waals surface area (Å²) in [6, 6.07) is 14.6. The highest BCUT2D eigenvalue weighted by Crippen LogP contribution is 2.10. The number of guanidine groups is 1. The average Bonchev–Trinajstić information content (AvgIpc) is 3.02. The predicted molar refractivity (Wildman–Crippen MR) is 109 cm³/mol. The number of rotatable bonds is 5. The number of aromatic nitrogens is 3. The van der Waals surface area contributed by atoms with Gasteiger partial charge in [-0.05, 0) is 44.0 Å². The van der Waals surface area contributed by atoms with Crippen LogP contribution in [0.4, 0.5) is 0 Å². The van der Waals surface area contributed by atoms with Crippen molar-refractivity contribution in [1.82, 2.24) is 25.4 Å². The number of nitrogens with zero attached hydrogens (tertiary/aromatic N) is 4. The first-order valence-corrected chi connectivity index (χ1v) is 9.04. The fourth-order valence-electron chi connectivity index (χ4n) is 2.81. The number of hydrogen-bond donors (Lipinski definition) is 2. The molecule has 0 aliphatic carbocycles. The van der Waals surface area contributed by atoms with Gasteiger partial charge in [0.25, 0.3) is 0 Å². The lowest BCUT2D eigenvalue weighted by Gasteiger charge is -2.12. The molecule has 0 unspecified atom stereocenters. The number of benzene rings is 1. The Morgan fingerprint density at radius 3 is 2.19 bits per heavy atom. The Morgan fingerprint density at radius 2 is 1.63 bits per heavy atom. The molecule has 0 bridgehead atoms. The highest BCUT2D eigenvalue weighted by Gasteiger charge is 2.05. The van der Waals surface area contributed by atoms with Crippen molar-refractivity contribution >= 4 is 5.96 Å². The molecule has 27 heavy (non-hydrogen) atoms. The van der Waals surface area contributed by atoms with Gasteiger partial charge < -0.3 is 10.6 Å². The van der Waals surface area contributed by atoms with E-state index in [2.05, 4.69) is 63.0 Å². The Kier molecular flexibility index (Phi) is 5.86. The summed E-state index contributed by atoms with van der Waals surface area (Å²) in [7, 11) is 1.77. The van der Waals surface area contributed by atoms with Crippen molar-refractivity contribution in [2.75, 3.05) is 7.05 Å². The topological polar surface area (TPSA) is 67.1 Å². The van der Waals surface area contributed by atoms with E-state index in [1.54, 1.807) is 7.05 Å². The van der Waals surface area contributed by atoms with Crippen LogP contribution in [0, 0.1) is 20.8 Å². The number of aryl methyl sites for hydroxylation is 3. The van der Waals surface area contributed by atoms with Gasteiger partial charge in [-0.3, -0.25) is 4.99 Å². The lowest BCUT2D eigenvalue weighted by Crippen LogP contribution is -2.36. The van der Waals surface area contributed by atoms with Crippen molar-refractivity contribution < 1.29 is 0 Å². The van der Waals surface area contributed by atoms with Crippen molar-refractivity contribution in [2.45, 2.75) is 33.9 Å². The molecule has 0 atom stereocenters. The van der Waals surface area contributed by atoms with Crippen LogP contribution >= 0.6 is 0 Å². The van der Waals surface area contributed by atoms with E-state index in [1.807, 2.05) is 36.9 Å². The molecule has 3 aromatic rings. The highest BCUT2D eigenvalue weighted by atomic mass is 15.3. The van der Waals surface area contributed by atoms with E-state index in [4.69, 9.17) is 0 Å². The van der Waals surface area contributed by atoms with Gasteiger partial charge in [-0.15, -0.1) is 0 Å². The van der Waals surface area contributed by atoms with Crippen LogP contribution in [0.3, 0.4) is 0 Å². The van der Waals surface area contributed by atoms with Gasteiger partial charge in [0, 0.05) is 32.0 Å². The summed E-state index contributed by atoms with van der Waals surface area (Å²) < 4.78 is 1.86. The van der Waals surface area contributed by atoms with Gasteiger partial charge in [0.1, 0.15) is 0 Å². The summed E-state index contributed by atoms with van der Waals surface area (Å²) in [5.41, 5.74) is 5.63. The molecule has 0 spiro atoms. The second kappa shape index (κ2) is 8.49. The van der Waals surface area contributed by atoms with Crippen LogP contribution in [0.5, 0.6) is 0 Å². The monoisotopic (exact) mass is 362 g/mol. The Morgan fingerprint density at radius 1 is 0.963 bits per heavy atom. The van der Waals surface area contributed by atoms with Crippen molar-refractivity contribution in [3.05, 3.63) is 76.7 Å². The van der Waals surface area contributed by atoms with Crippen molar-refractivity contribution in [2.24, 2.45) is 4.99 Å². The Labute approximate surface area is 160 Å². The molecule has 1 aromatic carbocycles. The number of nitrogens with one attached hydrogen (secondary N) is 2. The summed E-state index contributed by atoms with van der Waals surface area (Å²) in [5.74, 6) is 1.59. The second-order valence-corrected chi connectivity index (χ2v) is 6.63. The largest absolute Gasteiger partial charge is 0.352 e. The van der Waals surface area contributed by atoms with Gasteiger partial charge in [0.2, 0.25) is 0 Å². The minimum atomic E-state index is 0.651. The molecular weight excluding hydrogens is 336 g/mol. The molecule has 2 N–H and O–H groups in total. The van der Waals surface area contributed by atoms with Crippen LogP contribution in [0.2, 0.25) is 0 Å². The maximum atomic E-state index is 4.53. The highest BCUT2D eigenvalue weighted by molar-refractivity contribution is 5.79. The van der Waals surface area contributed by atoms with Crippen LogP contribution in [0.1, 0.15) is 28.1 Å². The first-order chi connectivity index (χ1) is 13.0. The third kappa shape index (κ3) is 4.94. The lowest BCUT2D eigenvalue weighted by atomic mass is 10.1. The maximum absolute atomic E-state index is 4.53. The Balaban J connectivity index is 1.55. The van der Waals surface area contributed by atoms with Gasteiger partial charge in [0.15, 0.2) is 11.8 Å². The van der Waals surface area contributed by atoms with Gasteiger partial charge in [-0.2, -0.15) is 5.10 Å². The van der Waals surface area contributed by atoms with Crippen LogP contribution in [0.15, 0.2) is 53.7 Å². The molecule has 0 amide bonds. The summed E-state index contributed by atoms with van der Waals surface area (Å²) in [5, 5.41) is 11.1. The molecule has 0 saturated carbocycles. The zero-order valence-electron chi connectivity index (χ0n) is 16.3. The normalized spacial score (nSPS) is 11.5. The van der Waals surface area contributed by atoms with E-state index in [1.165, 1.54) is 11.1 Å². The molecule has 6 nitrogen and oxygen atoms in total. The maximum Gasteiger partial charge on any atom is 0.191 e. The summed E-state index contributed by atoms with van der Waals surface area (Å²) in [6.07, 6.45) is 1.87. The molecule has 0 radical (unpaired) electrons. The van der Waals surface area contributed by atoms with Crippen LogP contribution in [-0.2, 0) is 13.1 Å². The first-order valence-electron chi connectivity index (χ1n) is 9.04. The van der Waals surface area contributed by atoms with E-state index in [0.717, 1.165) is 35.3 Å². The molecule has 0 fully saturated rings. The Hall–Kier alpha value is -3.15. The molecule has 3 rings (SSSR count). The van der Waals surface area contributed by atoms with Crippen molar-refractivity contribution in [1.29, 1.82) is 0 Å². The van der Waals surface area contributed by atoms with E-state index < -0.39 is 0 Å². The zero-order chi connectivity index (χ0) is 19.2. The second-order valence-electron chi connectivity index (χ2n) is 6.63. The average molecular weight is 362 g/mol. The van der Waals surface area contributed by atoms with Crippen molar-refractivity contribution in [3.63, 3.8) is 0 Å². The number of pyridine rings is 1. The number of hydrogen-bond acceptors (Lipinski definition) is 3. The Bertz CT molecular complexity index is 907. The molecular formula is C21H26N6. The molecule has 0 saturated heterocycles. The molecule has 0 aliphatic heterocycles. The minimum Gasteiger partial charge on any atom is -0.352 e. The van der Waals surface area contributed by atoms with E-state index in [0.29, 0.717) is 6.54 Å². The van der Waals surface area contributed by atoms with E-state index in [-0.39, 0.29) is 0 Å². The van der Waals surface area contributed by atoms with Gasteiger partial charge in [-0.1, -0.05) is 35.9 Å². The van der Waals surface area contributed by atoms with Gasteiger partial charge in [-0.25, -0.2) is 9.67 Å². The van der Waals surface area contributed by atoms with Crippen LogP contribution < -0.4 is 10.6 Å². The van der Waals surface area contributed by atoms with E-state index in [9.17, 15) is 0 Å². The van der Waals surface area contributed by atoms with Crippen LogP contribution in [0.25, 0.3) is 5.82 Å². The quantitative estimate of drug-likeness (QED) is 0.541. The van der Waals surface area contributed by atoms with Crippen molar-refractivity contribution in [3.8, 4) is 5.82 Å². The lowest BCUT2D eigenvalue weighted by molar-refractivity contribution is 0.790. The molecule has 0 aliphatic rings. The minimum absolute atomic E-state index is 0.651. The zero-order valence-corrected chi connectivity index (χ0v) is 16.3. The molecule has 6 heteroatoms.